The molecule has 4 saturated heterocycles. The Balaban J connectivity index is 0.000000184. The molecule has 0 radical (unpaired) electrons. The predicted molar refractivity (Wildman–Crippen MR) is 372 cm³/mol. The van der Waals surface area contributed by atoms with Crippen molar-refractivity contribution in [2.75, 3.05) is 122 Å². The van der Waals surface area contributed by atoms with Crippen LogP contribution in [0.5, 0.6) is 34.5 Å². The van der Waals surface area contributed by atoms with Gasteiger partial charge in [-0.1, -0.05) is 74.0 Å². The van der Waals surface area contributed by atoms with Gasteiger partial charge in [-0.05, 0) is 177 Å². The number of amides is 1. The van der Waals surface area contributed by atoms with Crippen LogP contribution in [0.4, 0.5) is 0 Å². The molecule has 11 rings (SSSR count). The van der Waals surface area contributed by atoms with Crippen LogP contribution in [0.3, 0.4) is 0 Å². The molecule has 1 amide bonds. The number of rotatable bonds is 24. The zero-order chi connectivity index (χ0) is 70.2. The summed E-state index contributed by atoms with van der Waals surface area (Å²) in [6, 6.07) is 35.0. The number of hydrogen-bond donors (Lipinski definition) is 4. The van der Waals surface area contributed by atoms with E-state index < -0.39 is 29.8 Å². The van der Waals surface area contributed by atoms with E-state index in [4.69, 9.17) is 28.4 Å². The lowest BCUT2D eigenvalue weighted by Crippen LogP contribution is -2.45. The summed E-state index contributed by atoms with van der Waals surface area (Å²) in [4.78, 5) is 73.7. The van der Waals surface area contributed by atoms with E-state index >= 15 is 0 Å². The van der Waals surface area contributed by atoms with Crippen LogP contribution in [0.2, 0.25) is 0 Å². The summed E-state index contributed by atoms with van der Waals surface area (Å²) in [6.07, 6.45) is 6.05. The van der Waals surface area contributed by atoms with Crippen molar-refractivity contribution in [3.05, 3.63) is 143 Å². The molecular formula is C76H104N6O15. The average molecular weight is 1340 g/mol. The molecule has 0 saturated carbocycles. The van der Waals surface area contributed by atoms with E-state index in [1.807, 2.05) is 150 Å². The van der Waals surface area contributed by atoms with Crippen LogP contribution in [-0.2, 0) is 36.8 Å². The molecule has 0 aromatic heterocycles. The van der Waals surface area contributed by atoms with E-state index in [2.05, 4.69) is 51.6 Å². The molecule has 21 nitrogen and oxygen atoms in total. The molecule has 4 N–H and O–H groups in total. The van der Waals surface area contributed by atoms with Crippen molar-refractivity contribution in [1.29, 1.82) is 0 Å². The maximum absolute atomic E-state index is 13.9. The Bertz CT molecular complexity index is 3190. The number of benzene rings is 5. The fourth-order valence-electron chi connectivity index (χ4n) is 15.1. The molecule has 4 fully saturated rings. The highest BCUT2D eigenvalue weighted by molar-refractivity contribution is 5.79. The van der Waals surface area contributed by atoms with Gasteiger partial charge < -0.3 is 73.3 Å². The predicted octanol–water partition coefficient (Wildman–Crippen LogP) is 9.86. The summed E-state index contributed by atoms with van der Waals surface area (Å²) in [5.74, 6) is 0.145. The first kappa shape index (κ1) is 74.8. The van der Waals surface area contributed by atoms with E-state index in [0.717, 1.165) is 139 Å². The van der Waals surface area contributed by atoms with Crippen molar-refractivity contribution in [3.63, 3.8) is 0 Å². The zero-order valence-corrected chi connectivity index (χ0v) is 58.8. The first-order valence-electron chi connectivity index (χ1n) is 34.2. The number of para-hydroxylation sites is 1. The third kappa shape index (κ3) is 18.6. The molecule has 12 atom stereocenters. The van der Waals surface area contributed by atoms with Gasteiger partial charge in [0.1, 0.15) is 23.0 Å². The number of unbranched alkanes of at least 4 members (excludes halogenated alkanes) is 2. The van der Waals surface area contributed by atoms with Crippen LogP contribution in [-0.4, -0.2) is 226 Å². The highest BCUT2D eigenvalue weighted by Crippen LogP contribution is 2.44. The molecule has 6 aliphatic rings. The van der Waals surface area contributed by atoms with Gasteiger partial charge in [0.15, 0.2) is 11.5 Å². The van der Waals surface area contributed by atoms with Gasteiger partial charge in [-0.15, -0.1) is 0 Å². The lowest BCUT2D eigenvalue weighted by Gasteiger charge is -2.30. The van der Waals surface area contributed by atoms with Crippen molar-refractivity contribution < 1.29 is 72.8 Å². The normalized spacial score (nSPS) is 25.0. The molecule has 0 aliphatic carbocycles. The van der Waals surface area contributed by atoms with E-state index in [-0.39, 0.29) is 84.8 Å². The standard InChI is InChI=1S/C34H47N3O6.3C14H19NO3/c1-4-5-17-36(18-7-6-16-35(2)3)31(38)22-37-21-27(25-12-14-29-26(20-25)15-19-41-29)32(34(39)40)28(37)13-11-24-9-8-10-30-33(24)43-23-42-30;3*1-9-13(14(16)17)12(8-15(9)2)10-4-6-11(18-3)7-5-10/h8-10,12,14,20,27-28,32H,4-7,11,13,15-19,21-23H2,1-3H3,(H,39,40);3*4-7,9,12-13H,8H2,1-3H3,(H,16,17)/t27-,28+,32-;3*9-,12+,13-/m1000/s1. The van der Waals surface area contributed by atoms with Gasteiger partial charge >= 0.3 is 23.9 Å². The zero-order valence-electron chi connectivity index (χ0n) is 58.8. The van der Waals surface area contributed by atoms with Crippen LogP contribution in [0.1, 0.15) is 117 Å². The Morgan fingerprint density at radius 3 is 1.41 bits per heavy atom. The van der Waals surface area contributed by atoms with Gasteiger partial charge in [0.05, 0.1) is 58.2 Å². The number of likely N-dealkylation sites (N-methyl/N-ethyl adjacent to an activating group) is 3. The highest BCUT2D eigenvalue weighted by Gasteiger charge is 2.48. The molecule has 0 bridgehead atoms. The topological polar surface area (TPSA) is 241 Å². The number of carboxylic acid groups (broad SMARTS) is 4. The smallest absolute Gasteiger partial charge is 0.308 e. The average Bonchev–Trinajstić information content (AvgIpc) is 1.66. The van der Waals surface area contributed by atoms with Crippen molar-refractivity contribution in [1.82, 2.24) is 29.4 Å². The molecule has 5 aromatic rings. The minimum Gasteiger partial charge on any atom is -0.497 e. The van der Waals surface area contributed by atoms with Gasteiger partial charge in [0.25, 0.3) is 0 Å². The summed E-state index contributed by atoms with van der Waals surface area (Å²) in [7, 11) is 14.9. The third-order valence-electron chi connectivity index (χ3n) is 21.0. The number of nitrogens with zero attached hydrogens (tertiary/aromatic N) is 6. The monoisotopic (exact) mass is 1340 g/mol. The number of hydrogen-bond acceptors (Lipinski definition) is 16. The van der Waals surface area contributed by atoms with Crippen molar-refractivity contribution in [3.8, 4) is 34.5 Å². The van der Waals surface area contributed by atoms with Gasteiger partial charge in [-0.2, -0.15) is 0 Å². The maximum Gasteiger partial charge on any atom is 0.308 e. The van der Waals surface area contributed by atoms with Gasteiger partial charge in [-0.25, -0.2) is 0 Å². The molecule has 5 aromatic carbocycles. The summed E-state index contributed by atoms with van der Waals surface area (Å²) in [5.41, 5.74) is 6.36. The summed E-state index contributed by atoms with van der Waals surface area (Å²) in [5, 5.41) is 38.8. The fraction of sp³-hybridized carbons (Fsp3) is 0.539. The Morgan fingerprint density at radius 2 is 0.969 bits per heavy atom. The molecule has 6 heterocycles. The lowest BCUT2D eigenvalue weighted by atomic mass is 9.83. The SMILES string of the molecule is CCCCN(CCCCN(C)C)C(=O)CN1C[C@H](c2ccc3c(c2)CCO3)[C@@H](C(=O)O)[C@@H]1CCc1cccc2c1OCO2.COc1ccc([C@H]2CN(C)[C@@H](C)[C@@H]2C(=O)O)cc1.COc1ccc([C@H]2CN(C)[C@@H](C)[C@@H]2C(=O)O)cc1.COc1ccc([C@H]2CN(C)[C@@H](C)[C@@H]2C(=O)O)cc1. The Hall–Kier alpha value is -7.95. The van der Waals surface area contributed by atoms with Crippen LogP contribution in [0.15, 0.2) is 109 Å². The molecule has 528 valence electrons. The van der Waals surface area contributed by atoms with Crippen LogP contribution in [0, 0.1) is 23.7 Å². The Labute approximate surface area is 573 Å². The number of aryl methyl sites for hydroxylation is 1. The molecular weight excluding hydrogens is 1240 g/mol. The lowest BCUT2D eigenvalue weighted by molar-refractivity contribution is -0.144. The number of aliphatic carboxylic acids is 4. The third-order valence-corrected chi connectivity index (χ3v) is 21.0. The summed E-state index contributed by atoms with van der Waals surface area (Å²) >= 11 is 0. The second-order valence-electron chi connectivity index (χ2n) is 27.1. The molecule has 97 heavy (non-hydrogen) atoms. The van der Waals surface area contributed by atoms with Crippen LogP contribution < -0.4 is 28.4 Å². The number of methoxy groups -OCH3 is 3. The van der Waals surface area contributed by atoms with Crippen molar-refractivity contribution in [2.45, 2.75) is 120 Å². The number of carbonyl (C=O) groups is 5. The largest absolute Gasteiger partial charge is 0.497 e. The number of ether oxygens (including phenoxy) is 6. The van der Waals surface area contributed by atoms with E-state index in [1.165, 1.54) is 0 Å². The number of likely N-dealkylation sites (tertiary alicyclic amines) is 4. The van der Waals surface area contributed by atoms with Gasteiger partial charge in [0, 0.05) is 93.5 Å². The maximum atomic E-state index is 13.9. The highest BCUT2D eigenvalue weighted by atomic mass is 16.7. The van der Waals surface area contributed by atoms with E-state index in [9.17, 15) is 44.4 Å². The van der Waals surface area contributed by atoms with Gasteiger partial charge in [0.2, 0.25) is 12.7 Å². The second kappa shape index (κ2) is 35.0. The molecule has 6 aliphatic heterocycles. The minimum absolute atomic E-state index is 0.0495. The van der Waals surface area contributed by atoms with Crippen molar-refractivity contribution >= 4 is 29.8 Å². The number of carboxylic acids is 4. The summed E-state index contributed by atoms with van der Waals surface area (Å²) < 4.78 is 32.4. The van der Waals surface area contributed by atoms with Crippen LogP contribution in [0.25, 0.3) is 0 Å². The molecule has 0 unspecified atom stereocenters. The van der Waals surface area contributed by atoms with Crippen LogP contribution >= 0.6 is 0 Å². The van der Waals surface area contributed by atoms with E-state index in [1.54, 1.807) is 21.3 Å². The molecule has 0 spiro atoms. The van der Waals surface area contributed by atoms with Gasteiger partial charge in [-0.3, -0.25) is 28.9 Å². The first-order valence-corrected chi connectivity index (χ1v) is 34.2. The number of carbonyl (C=O) groups excluding carboxylic acids is 1. The molecule has 21 heteroatoms. The number of fused-ring (bicyclic) bond motifs is 2. The van der Waals surface area contributed by atoms with E-state index in [0.29, 0.717) is 26.0 Å². The second-order valence-corrected chi connectivity index (χ2v) is 27.1. The summed E-state index contributed by atoms with van der Waals surface area (Å²) in [6.45, 7) is 14.5. The fourth-order valence-corrected chi connectivity index (χ4v) is 15.1. The first-order chi connectivity index (χ1) is 46.5. The minimum atomic E-state index is -0.814. The Kier molecular flexibility index (Phi) is 27.0. The van der Waals surface area contributed by atoms with Crippen molar-refractivity contribution in [2.24, 2.45) is 23.7 Å². The quantitative estimate of drug-likeness (QED) is 0.0420. The Morgan fingerprint density at radius 1 is 0.526 bits per heavy atom.